The zero-order chi connectivity index (χ0) is 23.6. The van der Waals surface area contributed by atoms with Crippen LogP contribution in [0.5, 0.6) is 5.75 Å². The van der Waals surface area contributed by atoms with Crippen molar-refractivity contribution in [3.63, 3.8) is 0 Å². The smallest absolute Gasteiger partial charge is 0.451 e. The SMILES string of the molecule is CC(C)OC(=O)[C@H](C(=O)C(F)(F)F)c1cc(NS(=O)(=O)c2ccc(Cl)cc2)ccc1O. The zero-order valence-electron chi connectivity index (χ0n) is 16.1. The van der Waals surface area contributed by atoms with E-state index in [-0.39, 0.29) is 15.6 Å². The second kappa shape index (κ2) is 9.15. The van der Waals surface area contributed by atoms with E-state index in [0.717, 1.165) is 18.2 Å². The van der Waals surface area contributed by atoms with E-state index in [2.05, 4.69) is 4.72 Å². The van der Waals surface area contributed by atoms with Crippen LogP contribution in [0.2, 0.25) is 5.02 Å². The van der Waals surface area contributed by atoms with E-state index in [1.807, 2.05) is 0 Å². The van der Waals surface area contributed by atoms with Gasteiger partial charge in [-0.15, -0.1) is 0 Å². The number of esters is 1. The number of alkyl halides is 3. The standard InChI is InChI=1S/C19H17ClF3NO6S/c1-10(2)30-18(27)16(17(26)19(21,22)23)14-9-12(5-8-15(14)25)24-31(28,29)13-6-3-11(20)4-7-13/h3-10,16,24-25H,1-2H3/t16-/m0/s1. The van der Waals surface area contributed by atoms with E-state index in [4.69, 9.17) is 16.3 Å². The van der Waals surface area contributed by atoms with Crippen molar-refractivity contribution >= 4 is 39.1 Å². The summed E-state index contributed by atoms with van der Waals surface area (Å²) >= 11 is 5.72. The highest BCUT2D eigenvalue weighted by atomic mass is 35.5. The molecule has 0 saturated heterocycles. The number of phenols is 1. The summed E-state index contributed by atoms with van der Waals surface area (Å²) in [7, 11) is -4.19. The number of phenolic OH excluding ortho intramolecular Hbond substituents is 1. The molecule has 0 radical (unpaired) electrons. The Morgan fingerprint density at radius 2 is 1.68 bits per heavy atom. The van der Waals surface area contributed by atoms with Crippen LogP contribution >= 0.6 is 11.6 Å². The Labute approximate surface area is 180 Å². The van der Waals surface area contributed by atoms with Crippen molar-refractivity contribution in [2.24, 2.45) is 0 Å². The second-order valence-corrected chi connectivity index (χ2v) is 8.73. The maximum atomic E-state index is 13.1. The summed E-state index contributed by atoms with van der Waals surface area (Å²) in [5, 5.41) is 10.3. The molecule has 0 bridgehead atoms. The van der Waals surface area contributed by atoms with Gasteiger partial charge in [-0.2, -0.15) is 13.2 Å². The third kappa shape index (κ3) is 6.11. The molecule has 2 aromatic rings. The van der Waals surface area contributed by atoms with E-state index in [1.165, 1.54) is 38.1 Å². The largest absolute Gasteiger partial charge is 0.508 e. The number of ether oxygens (including phenoxy) is 1. The molecule has 0 unspecified atom stereocenters. The van der Waals surface area contributed by atoms with Gasteiger partial charge in [0, 0.05) is 16.3 Å². The van der Waals surface area contributed by atoms with E-state index in [1.54, 1.807) is 0 Å². The van der Waals surface area contributed by atoms with Crippen LogP contribution in [0.3, 0.4) is 0 Å². The van der Waals surface area contributed by atoms with Crippen LogP contribution in [-0.2, 0) is 24.3 Å². The Hall–Kier alpha value is -2.79. The fraction of sp³-hybridized carbons (Fsp3) is 0.263. The van der Waals surface area contributed by atoms with Crippen molar-refractivity contribution in [3.05, 3.63) is 53.1 Å². The zero-order valence-corrected chi connectivity index (χ0v) is 17.7. The lowest BCUT2D eigenvalue weighted by atomic mass is 9.93. The van der Waals surface area contributed by atoms with Gasteiger partial charge in [0.15, 0.2) is 5.92 Å². The van der Waals surface area contributed by atoms with Gasteiger partial charge >= 0.3 is 12.1 Å². The first-order chi connectivity index (χ1) is 14.2. The highest BCUT2D eigenvalue weighted by Crippen LogP contribution is 2.35. The summed E-state index contributed by atoms with van der Waals surface area (Å²) in [5.74, 6) is -7.36. The van der Waals surface area contributed by atoms with E-state index < -0.39 is 51.3 Å². The topological polar surface area (TPSA) is 110 Å². The van der Waals surface area contributed by atoms with Crippen molar-refractivity contribution in [1.29, 1.82) is 0 Å². The molecular formula is C19H17ClF3NO6S. The van der Waals surface area contributed by atoms with Crippen LogP contribution in [0.25, 0.3) is 0 Å². The average Bonchev–Trinajstić information content (AvgIpc) is 2.63. The number of rotatable bonds is 7. The summed E-state index contributed by atoms with van der Waals surface area (Å²) in [6.45, 7) is 2.73. The van der Waals surface area contributed by atoms with Crippen molar-refractivity contribution in [2.45, 2.75) is 36.9 Å². The third-order valence-corrected chi connectivity index (χ3v) is 5.49. The number of sulfonamides is 1. The van der Waals surface area contributed by atoms with Crippen LogP contribution in [-0.4, -0.2) is 37.6 Å². The number of ketones is 1. The third-order valence-electron chi connectivity index (χ3n) is 3.84. The minimum absolute atomic E-state index is 0.200. The average molecular weight is 480 g/mol. The Morgan fingerprint density at radius 1 is 1.10 bits per heavy atom. The lowest BCUT2D eigenvalue weighted by molar-refractivity contribution is -0.178. The molecule has 2 N–H and O–H groups in total. The first-order valence-corrected chi connectivity index (χ1v) is 10.5. The highest BCUT2D eigenvalue weighted by molar-refractivity contribution is 7.92. The van der Waals surface area contributed by atoms with Crippen LogP contribution in [0.15, 0.2) is 47.4 Å². The van der Waals surface area contributed by atoms with Gasteiger partial charge in [0.2, 0.25) is 0 Å². The number of halogens is 4. The first kappa shape index (κ1) is 24.5. The minimum Gasteiger partial charge on any atom is -0.508 e. The predicted octanol–water partition coefficient (Wildman–Crippen LogP) is 4.01. The second-order valence-electron chi connectivity index (χ2n) is 6.61. The number of aromatic hydroxyl groups is 1. The molecule has 168 valence electrons. The van der Waals surface area contributed by atoms with Crippen LogP contribution in [0.4, 0.5) is 18.9 Å². The molecule has 0 amide bonds. The number of hydrogen-bond acceptors (Lipinski definition) is 6. The predicted molar refractivity (Wildman–Crippen MR) is 105 cm³/mol. The summed E-state index contributed by atoms with van der Waals surface area (Å²) in [6, 6.07) is 7.70. The summed E-state index contributed by atoms with van der Waals surface area (Å²) in [5.41, 5.74) is -1.05. The first-order valence-electron chi connectivity index (χ1n) is 8.65. The maximum absolute atomic E-state index is 13.1. The number of carbonyl (C=O) groups is 2. The molecule has 31 heavy (non-hydrogen) atoms. The number of nitrogens with one attached hydrogen (secondary N) is 1. The van der Waals surface area contributed by atoms with Crippen LogP contribution < -0.4 is 4.72 Å². The Morgan fingerprint density at radius 3 is 2.19 bits per heavy atom. The molecule has 0 aromatic heterocycles. The molecule has 0 aliphatic carbocycles. The molecule has 12 heteroatoms. The lowest BCUT2D eigenvalue weighted by Crippen LogP contribution is -2.35. The van der Waals surface area contributed by atoms with Crippen LogP contribution in [0, 0.1) is 0 Å². The summed E-state index contributed by atoms with van der Waals surface area (Å²) in [6.07, 6.45) is -6.25. The van der Waals surface area contributed by atoms with Gasteiger partial charge in [-0.25, -0.2) is 8.42 Å². The Bertz CT molecular complexity index is 1080. The quantitative estimate of drug-likeness (QED) is 0.353. The summed E-state index contributed by atoms with van der Waals surface area (Å²) < 4.78 is 71.1. The van der Waals surface area contributed by atoms with Gasteiger partial charge in [0.1, 0.15) is 5.75 Å². The van der Waals surface area contributed by atoms with Gasteiger partial charge in [0.25, 0.3) is 15.8 Å². The molecule has 2 rings (SSSR count). The van der Waals surface area contributed by atoms with E-state index in [9.17, 15) is 36.3 Å². The Balaban J connectivity index is 2.49. The monoisotopic (exact) mass is 479 g/mol. The number of benzene rings is 2. The number of carbonyl (C=O) groups excluding carboxylic acids is 2. The Kier molecular flexibility index (Phi) is 7.22. The number of Topliss-reactive ketones (excluding diaryl/α,β-unsaturated/α-hetero) is 1. The van der Waals surface area contributed by atoms with Gasteiger partial charge in [-0.05, 0) is 56.3 Å². The molecule has 1 atom stereocenters. The van der Waals surface area contributed by atoms with Gasteiger partial charge < -0.3 is 9.84 Å². The molecule has 7 nitrogen and oxygen atoms in total. The van der Waals surface area contributed by atoms with Crippen molar-refractivity contribution in [3.8, 4) is 5.75 Å². The molecule has 0 fully saturated rings. The number of anilines is 1. The highest BCUT2D eigenvalue weighted by Gasteiger charge is 2.48. The fourth-order valence-corrected chi connectivity index (χ4v) is 3.69. The molecule has 0 heterocycles. The van der Waals surface area contributed by atoms with Crippen molar-refractivity contribution in [1.82, 2.24) is 0 Å². The summed E-state index contributed by atoms with van der Waals surface area (Å²) in [4.78, 5) is 23.9. The van der Waals surface area contributed by atoms with Gasteiger partial charge in [-0.1, -0.05) is 11.6 Å². The lowest BCUT2D eigenvalue weighted by Gasteiger charge is -2.20. The molecular weight excluding hydrogens is 463 g/mol. The normalized spacial score (nSPS) is 13.0. The molecule has 2 aromatic carbocycles. The van der Waals surface area contributed by atoms with Crippen molar-refractivity contribution in [2.75, 3.05) is 4.72 Å². The van der Waals surface area contributed by atoms with E-state index in [0.29, 0.717) is 0 Å². The molecule has 0 spiro atoms. The fourth-order valence-electron chi connectivity index (χ4n) is 2.52. The van der Waals surface area contributed by atoms with E-state index >= 15 is 0 Å². The molecule has 0 aliphatic rings. The van der Waals surface area contributed by atoms with Crippen molar-refractivity contribution < 1.29 is 41.0 Å². The van der Waals surface area contributed by atoms with Gasteiger partial charge in [-0.3, -0.25) is 14.3 Å². The van der Waals surface area contributed by atoms with Gasteiger partial charge in [0.05, 0.1) is 11.0 Å². The minimum atomic E-state index is -5.41. The molecule has 0 saturated carbocycles. The number of hydrogen-bond donors (Lipinski definition) is 2. The molecule has 0 aliphatic heterocycles. The van der Waals surface area contributed by atoms with Crippen LogP contribution in [0.1, 0.15) is 25.3 Å². The maximum Gasteiger partial charge on any atom is 0.451 e.